The quantitative estimate of drug-likeness (QED) is 0.526. The van der Waals surface area contributed by atoms with Crippen molar-refractivity contribution in [2.75, 3.05) is 11.9 Å². The first-order chi connectivity index (χ1) is 12.0. The van der Waals surface area contributed by atoms with Crippen LogP contribution < -0.4 is 10.1 Å². The number of anilines is 1. The highest BCUT2D eigenvalue weighted by molar-refractivity contribution is 9.10. The van der Waals surface area contributed by atoms with Gasteiger partial charge in [-0.2, -0.15) is 0 Å². The lowest BCUT2D eigenvalue weighted by atomic mass is 10.1. The number of benzene rings is 2. The van der Waals surface area contributed by atoms with Gasteiger partial charge in [0.2, 0.25) is 0 Å². The number of amides is 1. The predicted molar refractivity (Wildman–Crippen MR) is 108 cm³/mol. The van der Waals surface area contributed by atoms with Crippen LogP contribution in [0.15, 0.2) is 40.9 Å². The topological polar surface area (TPSA) is 38.3 Å². The van der Waals surface area contributed by atoms with Crippen molar-refractivity contribution in [1.82, 2.24) is 0 Å². The van der Waals surface area contributed by atoms with E-state index in [1.165, 1.54) is 12.8 Å². The molecule has 4 heteroatoms. The molecule has 0 aliphatic carbocycles. The second-order valence-corrected chi connectivity index (χ2v) is 7.17. The molecule has 3 nitrogen and oxygen atoms in total. The molecule has 0 saturated heterocycles. The molecule has 0 aliphatic rings. The zero-order chi connectivity index (χ0) is 18.2. The van der Waals surface area contributed by atoms with Gasteiger partial charge in [-0.15, -0.1) is 0 Å². The normalized spacial score (nSPS) is 10.6. The molecule has 134 valence electrons. The molecular formula is C21H26BrNO2. The van der Waals surface area contributed by atoms with E-state index in [1.807, 2.05) is 50.2 Å². The van der Waals surface area contributed by atoms with Crippen molar-refractivity contribution in [3.8, 4) is 5.75 Å². The molecule has 0 aromatic heterocycles. The summed E-state index contributed by atoms with van der Waals surface area (Å²) in [7, 11) is 0. The van der Waals surface area contributed by atoms with E-state index >= 15 is 0 Å². The van der Waals surface area contributed by atoms with Crippen molar-refractivity contribution in [3.05, 3.63) is 57.6 Å². The molecule has 2 aromatic carbocycles. The molecule has 0 radical (unpaired) electrons. The van der Waals surface area contributed by atoms with Crippen molar-refractivity contribution in [2.45, 2.75) is 46.5 Å². The first kappa shape index (κ1) is 19.5. The number of hydrogen-bond acceptors (Lipinski definition) is 2. The van der Waals surface area contributed by atoms with E-state index < -0.39 is 0 Å². The number of halogens is 1. The molecule has 1 amide bonds. The zero-order valence-electron chi connectivity index (χ0n) is 15.2. The Hall–Kier alpha value is -1.81. The molecule has 1 N–H and O–H groups in total. The molecule has 0 aliphatic heterocycles. The number of aryl methyl sites for hydroxylation is 1. The third kappa shape index (κ3) is 5.60. The van der Waals surface area contributed by atoms with Gasteiger partial charge in [0.05, 0.1) is 12.2 Å². The van der Waals surface area contributed by atoms with E-state index in [1.54, 1.807) is 0 Å². The third-order valence-electron chi connectivity index (χ3n) is 4.29. The third-order valence-corrected chi connectivity index (χ3v) is 4.79. The van der Waals surface area contributed by atoms with E-state index in [0.29, 0.717) is 17.9 Å². The monoisotopic (exact) mass is 403 g/mol. The van der Waals surface area contributed by atoms with Gasteiger partial charge in [-0.3, -0.25) is 4.79 Å². The minimum absolute atomic E-state index is 0.154. The van der Waals surface area contributed by atoms with Crippen LogP contribution in [-0.2, 0) is 0 Å². The summed E-state index contributed by atoms with van der Waals surface area (Å²) in [6.45, 7) is 6.86. The molecule has 0 atom stereocenters. The highest BCUT2D eigenvalue weighted by atomic mass is 79.9. The van der Waals surface area contributed by atoms with Gasteiger partial charge in [-0.25, -0.2) is 0 Å². The predicted octanol–water partition coefficient (Wildman–Crippen LogP) is 6.28. The molecule has 0 fully saturated rings. The summed E-state index contributed by atoms with van der Waals surface area (Å²) in [6, 6.07) is 11.5. The lowest BCUT2D eigenvalue weighted by molar-refractivity contribution is 0.102. The molecule has 2 rings (SSSR count). The van der Waals surface area contributed by atoms with E-state index in [2.05, 4.69) is 28.2 Å². The van der Waals surface area contributed by atoms with Crippen LogP contribution in [0, 0.1) is 13.8 Å². The molecule has 0 bridgehead atoms. The van der Waals surface area contributed by atoms with Crippen LogP contribution in [0.2, 0.25) is 0 Å². The molecular weight excluding hydrogens is 378 g/mol. The Bertz CT molecular complexity index is 728. The summed E-state index contributed by atoms with van der Waals surface area (Å²) in [5.41, 5.74) is 3.61. The number of carbonyl (C=O) groups excluding carboxylic acids is 1. The first-order valence-corrected chi connectivity index (χ1v) is 9.62. The summed E-state index contributed by atoms with van der Waals surface area (Å²) in [6.07, 6.45) is 4.56. The van der Waals surface area contributed by atoms with E-state index in [4.69, 9.17) is 4.74 Å². The maximum absolute atomic E-state index is 12.8. The van der Waals surface area contributed by atoms with Crippen LogP contribution in [-0.4, -0.2) is 12.5 Å². The van der Waals surface area contributed by atoms with Gasteiger partial charge < -0.3 is 10.1 Å². The van der Waals surface area contributed by atoms with E-state index in [9.17, 15) is 4.79 Å². The second-order valence-electron chi connectivity index (χ2n) is 6.25. The van der Waals surface area contributed by atoms with Gasteiger partial charge in [0.1, 0.15) is 5.75 Å². The fourth-order valence-corrected chi connectivity index (χ4v) is 2.95. The van der Waals surface area contributed by atoms with Crippen molar-refractivity contribution < 1.29 is 9.53 Å². The lowest BCUT2D eigenvalue weighted by Crippen LogP contribution is -2.15. The summed E-state index contributed by atoms with van der Waals surface area (Å²) < 4.78 is 6.73. The van der Waals surface area contributed by atoms with Gasteiger partial charge in [0, 0.05) is 10.2 Å². The number of unbranched alkanes of at least 4 members (excludes halogenated alkanes) is 3. The lowest BCUT2D eigenvalue weighted by Gasteiger charge is -2.14. The van der Waals surface area contributed by atoms with E-state index in [0.717, 1.165) is 34.1 Å². The van der Waals surface area contributed by atoms with Crippen molar-refractivity contribution in [2.24, 2.45) is 0 Å². The van der Waals surface area contributed by atoms with Crippen LogP contribution in [0.4, 0.5) is 5.69 Å². The Labute approximate surface area is 158 Å². The number of nitrogens with one attached hydrogen (secondary N) is 1. The fraction of sp³-hybridized carbons (Fsp3) is 0.381. The number of carbonyl (C=O) groups is 1. The largest absolute Gasteiger partial charge is 0.493 e. The average Bonchev–Trinajstić information content (AvgIpc) is 2.59. The molecule has 0 spiro atoms. The maximum atomic E-state index is 12.8. The highest BCUT2D eigenvalue weighted by Gasteiger charge is 2.15. The van der Waals surface area contributed by atoms with Crippen LogP contribution in [0.5, 0.6) is 5.75 Å². The van der Waals surface area contributed by atoms with Crippen LogP contribution >= 0.6 is 15.9 Å². The van der Waals surface area contributed by atoms with Crippen molar-refractivity contribution in [3.63, 3.8) is 0 Å². The summed E-state index contributed by atoms with van der Waals surface area (Å²) in [4.78, 5) is 12.8. The average molecular weight is 404 g/mol. The van der Waals surface area contributed by atoms with Crippen molar-refractivity contribution >= 4 is 27.5 Å². The zero-order valence-corrected chi connectivity index (χ0v) is 16.8. The Morgan fingerprint density at radius 3 is 2.68 bits per heavy atom. The standard InChI is InChI=1S/C21H26BrNO2/c1-4-5-6-7-13-25-20-12-11-17(22)14-18(20)21(24)23-19-10-8-9-15(2)16(19)3/h8-12,14H,4-7,13H2,1-3H3,(H,23,24). The van der Waals surface area contributed by atoms with Crippen molar-refractivity contribution in [1.29, 1.82) is 0 Å². The van der Waals surface area contributed by atoms with Gasteiger partial charge >= 0.3 is 0 Å². The summed E-state index contributed by atoms with van der Waals surface area (Å²) in [5.74, 6) is 0.473. The highest BCUT2D eigenvalue weighted by Crippen LogP contribution is 2.26. The minimum atomic E-state index is -0.154. The maximum Gasteiger partial charge on any atom is 0.259 e. The van der Waals surface area contributed by atoms with Crippen LogP contribution in [0.25, 0.3) is 0 Å². The number of hydrogen-bond donors (Lipinski definition) is 1. The number of ether oxygens (including phenoxy) is 1. The fourth-order valence-electron chi connectivity index (χ4n) is 2.59. The molecule has 0 heterocycles. The smallest absolute Gasteiger partial charge is 0.259 e. The minimum Gasteiger partial charge on any atom is -0.493 e. The molecule has 0 unspecified atom stereocenters. The van der Waals surface area contributed by atoms with Gasteiger partial charge in [0.25, 0.3) is 5.91 Å². The van der Waals surface area contributed by atoms with Gasteiger partial charge in [-0.05, 0) is 55.7 Å². The van der Waals surface area contributed by atoms with E-state index in [-0.39, 0.29) is 5.91 Å². The van der Waals surface area contributed by atoms with Gasteiger partial charge in [-0.1, -0.05) is 54.2 Å². The Balaban J connectivity index is 2.12. The molecule has 2 aromatic rings. The Kier molecular flexibility index (Phi) is 7.51. The van der Waals surface area contributed by atoms with Crippen LogP contribution in [0.1, 0.15) is 54.1 Å². The van der Waals surface area contributed by atoms with Gasteiger partial charge in [0.15, 0.2) is 0 Å². The number of rotatable bonds is 8. The Morgan fingerprint density at radius 1 is 1.12 bits per heavy atom. The SMILES string of the molecule is CCCCCCOc1ccc(Br)cc1C(=O)Nc1cccc(C)c1C. The van der Waals surface area contributed by atoms with Crippen LogP contribution in [0.3, 0.4) is 0 Å². The second kappa shape index (κ2) is 9.62. The first-order valence-electron chi connectivity index (χ1n) is 8.83. The molecule has 25 heavy (non-hydrogen) atoms. The summed E-state index contributed by atoms with van der Waals surface area (Å²) >= 11 is 3.44. The Morgan fingerprint density at radius 2 is 1.92 bits per heavy atom. The molecule has 0 saturated carbocycles. The summed E-state index contributed by atoms with van der Waals surface area (Å²) in [5, 5.41) is 3.01.